The lowest BCUT2D eigenvalue weighted by atomic mass is 10.2. The Kier molecular flexibility index (Phi) is 7.57. The lowest BCUT2D eigenvalue weighted by molar-refractivity contribution is -0.131. The Balaban J connectivity index is 4.14. The van der Waals surface area contributed by atoms with Gasteiger partial charge in [-0.05, 0) is 19.9 Å². The molecule has 0 aromatic rings. The number of amides is 1. The van der Waals surface area contributed by atoms with Crippen LogP contribution in [-0.2, 0) is 4.79 Å². The van der Waals surface area contributed by atoms with E-state index in [9.17, 15) is 4.79 Å². The minimum absolute atomic E-state index is 0.0948. The van der Waals surface area contributed by atoms with E-state index in [-0.39, 0.29) is 5.91 Å². The third-order valence-electron chi connectivity index (χ3n) is 2.94. The first-order chi connectivity index (χ1) is 7.56. The highest BCUT2D eigenvalue weighted by Crippen LogP contribution is 2.03. The summed E-state index contributed by atoms with van der Waals surface area (Å²) in [5.74, 6) is 0.0948. The van der Waals surface area contributed by atoms with E-state index >= 15 is 0 Å². The number of rotatable bonds is 7. The molecule has 1 unspecified atom stereocenters. The number of nitrogens with zero attached hydrogens (tertiary/aromatic N) is 3. The zero-order chi connectivity index (χ0) is 12.6. The predicted octanol–water partition coefficient (Wildman–Crippen LogP) is 1.48. The smallest absolute Gasteiger partial charge is 0.236 e. The van der Waals surface area contributed by atoms with Crippen LogP contribution < -0.4 is 0 Å². The van der Waals surface area contributed by atoms with Crippen LogP contribution in [0.4, 0.5) is 0 Å². The Morgan fingerprint density at radius 1 is 1.44 bits per heavy atom. The molecule has 0 aromatic carbocycles. The summed E-state index contributed by atoms with van der Waals surface area (Å²) in [4.78, 5) is 15.6. The van der Waals surface area contributed by atoms with Gasteiger partial charge in [-0.15, -0.1) is 0 Å². The summed E-state index contributed by atoms with van der Waals surface area (Å²) in [6, 6.07) is 2.48. The van der Waals surface area contributed by atoms with Gasteiger partial charge in [0.2, 0.25) is 5.91 Å². The number of hydrogen-bond donors (Lipinski definition) is 0. The lowest BCUT2D eigenvalue weighted by Gasteiger charge is -2.28. The van der Waals surface area contributed by atoms with Crippen molar-refractivity contribution in [1.29, 1.82) is 5.26 Å². The van der Waals surface area contributed by atoms with Crippen molar-refractivity contribution in [2.24, 2.45) is 0 Å². The second-order valence-corrected chi connectivity index (χ2v) is 4.04. The summed E-state index contributed by atoms with van der Waals surface area (Å²) < 4.78 is 0. The van der Waals surface area contributed by atoms with Gasteiger partial charge in [-0.2, -0.15) is 5.26 Å². The Morgan fingerprint density at radius 3 is 2.50 bits per heavy atom. The third-order valence-corrected chi connectivity index (χ3v) is 2.94. The molecule has 92 valence electrons. The van der Waals surface area contributed by atoms with Crippen molar-refractivity contribution < 1.29 is 4.79 Å². The van der Waals surface area contributed by atoms with Crippen LogP contribution in [0.5, 0.6) is 0 Å². The van der Waals surface area contributed by atoms with Gasteiger partial charge in [0.25, 0.3) is 0 Å². The first-order valence-corrected chi connectivity index (χ1v) is 5.91. The molecule has 4 heteroatoms. The molecular weight excluding hydrogens is 202 g/mol. The molecule has 0 aliphatic carbocycles. The lowest BCUT2D eigenvalue weighted by Crippen LogP contribution is -2.42. The van der Waals surface area contributed by atoms with Crippen LogP contribution in [0.25, 0.3) is 0 Å². The maximum atomic E-state index is 11.8. The van der Waals surface area contributed by atoms with Crippen LogP contribution in [0.1, 0.15) is 33.6 Å². The molecule has 0 aromatic heterocycles. The minimum atomic E-state index is 0.0948. The maximum absolute atomic E-state index is 11.8. The number of carbonyl (C=O) groups excluding carboxylic acids is 1. The molecule has 0 spiro atoms. The third kappa shape index (κ3) is 5.13. The molecule has 0 rings (SSSR count). The average molecular weight is 225 g/mol. The summed E-state index contributed by atoms with van der Waals surface area (Å²) in [6.45, 7) is 8.17. The van der Waals surface area contributed by atoms with Gasteiger partial charge in [0.1, 0.15) is 0 Å². The maximum Gasteiger partial charge on any atom is 0.236 e. The standard InChI is InChI=1S/C12H23N3O/c1-5-11(3)15(6-2)10-12(16)14(4)9-7-8-13/h11H,5-7,9-10H2,1-4H3. The van der Waals surface area contributed by atoms with Gasteiger partial charge in [-0.3, -0.25) is 9.69 Å². The van der Waals surface area contributed by atoms with Gasteiger partial charge in [0.05, 0.1) is 19.0 Å². The molecule has 0 aliphatic rings. The molecule has 0 fully saturated rings. The fourth-order valence-electron chi connectivity index (χ4n) is 1.47. The zero-order valence-electron chi connectivity index (χ0n) is 10.9. The van der Waals surface area contributed by atoms with E-state index in [1.54, 1.807) is 11.9 Å². The molecule has 0 saturated carbocycles. The van der Waals surface area contributed by atoms with E-state index in [1.807, 2.05) is 6.07 Å². The fraction of sp³-hybridized carbons (Fsp3) is 0.833. The number of nitriles is 1. The Bertz CT molecular complexity index is 247. The highest BCUT2D eigenvalue weighted by molar-refractivity contribution is 5.78. The normalized spacial score (nSPS) is 12.2. The summed E-state index contributed by atoms with van der Waals surface area (Å²) in [7, 11) is 1.75. The highest BCUT2D eigenvalue weighted by atomic mass is 16.2. The van der Waals surface area contributed by atoms with Gasteiger partial charge in [-0.1, -0.05) is 13.8 Å². The van der Waals surface area contributed by atoms with Crippen molar-refractivity contribution in [2.75, 3.05) is 26.7 Å². The molecule has 16 heavy (non-hydrogen) atoms. The molecule has 1 atom stereocenters. The molecular formula is C12H23N3O. The van der Waals surface area contributed by atoms with Crippen LogP contribution >= 0.6 is 0 Å². The highest BCUT2D eigenvalue weighted by Gasteiger charge is 2.16. The fourth-order valence-corrected chi connectivity index (χ4v) is 1.47. The van der Waals surface area contributed by atoms with Crippen molar-refractivity contribution in [3.8, 4) is 6.07 Å². The van der Waals surface area contributed by atoms with Gasteiger partial charge < -0.3 is 4.90 Å². The number of hydrogen-bond acceptors (Lipinski definition) is 3. The Hall–Kier alpha value is -1.08. The van der Waals surface area contributed by atoms with Crippen LogP contribution in [-0.4, -0.2) is 48.4 Å². The first-order valence-electron chi connectivity index (χ1n) is 5.91. The van der Waals surface area contributed by atoms with Crippen LogP contribution in [0, 0.1) is 11.3 Å². The summed E-state index contributed by atoms with van der Waals surface area (Å²) in [5, 5.41) is 8.45. The van der Waals surface area contributed by atoms with Crippen LogP contribution in [0.15, 0.2) is 0 Å². The molecule has 0 radical (unpaired) electrons. The van der Waals surface area contributed by atoms with Crippen molar-refractivity contribution >= 4 is 5.91 Å². The predicted molar refractivity (Wildman–Crippen MR) is 64.9 cm³/mol. The molecule has 0 N–H and O–H groups in total. The van der Waals surface area contributed by atoms with Gasteiger partial charge in [0.15, 0.2) is 0 Å². The van der Waals surface area contributed by atoms with Gasteiger partial charge in [-0.25, -0.2) is 0 Å². The largest absolute Gasteiger partial charge is 0.344 e. The van der Waals surface area contributed by atoms with E-state index in [0.717, 1.165) is 13.0 Å². The number of likely N-dealkylation sites (N-methyl/N-ethyl adjacent to an activating group) is 2. The van der Waals surface area contributed by atoms with Gasteiger partial charge >= 0.3 is 0 Å². The zero-order valence-corrected chi connectivity index (χ0v) is 10.9. The average Bonchev–Trinajstić information content (AvgIpc) is 2.31. The van der Waals surface area contributed by atoms with Crippen LogP contribution in [0.3, 0.4) is 0 Å². The second kappa shape index (κ2) is 8.12. The van der Waals surface area contributed by atoms with Crippen molar-refractivity contribution in [3.63, 3.8) is 0 Å². The molecule has 0 heterocycles. The topological polar surface area (TPSA) is 47.3 Å². The molecule has 0 saturated heterocycles. The van der Waals surface area contributed by atoms with Crippen molar-refractivity contribution in [1.82, 2.24) is 9.80 Å². The SMILES string of the molecule is CCC(C)N(CC)CC(=O)N(C)CCC#N. The van der Waals surface area contributed by atoms with E-state index in [4.69, 9.17) is 5.26 Å². The van der Waals surface area contributed by atoms with E-state index < -0.39 is 0 Å². The van der Waals surface area contributed by atoms with Crippen molar-refractivity contribution in [3.05, 3.63) is 0 Å². The monoisotopic (exact) mass is 225 g/mol. The second-order valence-electron chi connectivity index (χ2n) is 4.04. The van der Waals surface area contributed by atoms with E-state index in [0.29, 0.717) is 25.6 Å². The van der Waals surface area contributed by atoms with Gasteiger partial charge in [0, 0.05) is 19.6 Å². The molecule has 1 amide bonds. The first kappa shape index (κ1) is 14.9. The Morgan fingerprint density at radius 2 is 2.06 bits per heavy atom. The van der Waals surface area contributed by atoms with E-state index in [2.05, 4.69) is 25.7 Å². The van der Waals surface area contributed by atoms with Crippen LogP contribution in [0.2, 0.25) is 0 Å². The minimum Gasteiger partial charge on any atom is -0.344 e. The summed E-state index contributed by atoms with van der Waals surface area (Å²) in [6.07, 6.45) is 1.45. The van der Waals surface area contributed by atoms with Crippen molar-refractivity contribution in [2.45, 2.75) is 39.7 Å². The molecule has 0 bridgehead atoms. The van der Waals surface area contributed by atoms with E-state index in [1.165, 1.54) is 0 Å². The summed E-state index contributed by atoms with van der Waals surface area (Å²) >= 11 is 0. The summed E-state index contributed by atoms with van der Waals surface area (Å²) in [5.41, 5.74) is 0. The molecule has 4 nitrogen and oxygen atoms in total. The number of carbonyl (C=O) groups is 1. The molecule has 0 aliphatic heterocycles. The quantitative estimate of drug-likeness (QED) is 0.659. The Labute approximate surface area is 98.8 Å².